The van der Waals surface area contributed by atoms with Crippen LogP contribution in [0.15, 0.2) is 36.5 Å². The summed E-state index contributed by atoms with van der Waals surface area (Å²) in [5.74, 6) is 0.533. The van der Waals surface area contributed by atoms with Crippen molar-refractivity contribution in [3.63, 3.8) is 0 Å². The van der Waals surface area contributed by atoms with Gasteiger partial charge in [0.05, 0.1) is 11.0 Å². The van der Waals surface area contributed by atoms with Crippen LogP contribution >= 0.6 is 0 Å². The topological polar surface area (TPSA) is 94.5 Å². The molecule has 0 saturated carbocycles. The Kier molecular flexibility index (Phi) is 3.09. The van der Waals surface area contributed by atoms with Gasteiger partial charge in [0.2, 0.25) is 0 Å². The molecule has 1 aromatic carbocycles. The van der Waals surface area contributed by atoms with Crippen LogP contribution in [0.5, 0.6) is 0 Å². The van der Waals surface area contributed by atoms with Gasteiger partial charge in [0.25, 0.3) is 5.91 Å². The molecule has 0 aliphatic heterocycles. The first-order valence-corrected chi connectivity index (χ1v) is 6.29. The molecular formula is C15H11N5O. The number of carbonyl (C=O) groups excluding carboxylic acids is 1. The zero-order valence-electron chi connectivity index (χ0n) is 11.2. The van der Waals surface area contributed by atoms with Crippen LogP contribution in [0.2, 0.25) is 0 Å². The summed E-state index contributed by atoms with van der Waals surface area (Å²) in [5, 5.41) is 11.6. The molecular weight excluding hydrogens is 266 g/mol. The number of amides is 1. The van der Waals surface area contributed by atoms with E-state index < -0.39 is 0 Å². The number of aryl methyl sites for hydroxylation is 1. The minimum Gasteiger partial charge on any atom is -0.342 e. The largest absolute Gasteiger partial charge is 0.342 e. The van der Waals surface area contributed by atoms with Gasteiger partial charge in [-0.15, -0.1) is 0 Å². The number of benzene rings is 1. The van der Waals surface area contributed by atoms with E-state index in [-0.39, 0.29) is 11.6 Å². The number of nitrogens with zero attached hydrogens (tertiary/aromatic N) is 3. The van der Waals surface area contributed by atoms with Gasteiger partial charge in [-0.3, -0.25) is 4.79 Å². The molecule has 0 bridgehead atoms. The first-order chi connectivity index (χ1) is 10.2. The molecule has 0 aliphatic rings. The number of fused-ring (bicyclic) bond motifs is 1. The highest BCUT2D eigenvalue weighted by molar-refractivity contribution is 6.05. The van der Waals surface area contributed by atoms with Gasteiger partial charge < -0.3 is 10.3 Å². The van der Waals surface area contributed by atoms with E-state index in [9.17, 15) is 4.79 Å². The number of nitriles is 1. The Morgan fingerprint density at radius 2 is 2.19 bits per heavy atom. The van der Waals surface area contributed by atoms with Crippen LogP contribution in [-0.4, -0.2) is 20.9 Å². The molecule has 1 amide bonds. The molecule has 0 saturated heterocycles. The molecule has 0 radical (unpaired) electrons. The summed E-state index contributed by atoms with van der Waals surface area (Å²) >= 11 is 0. The number of aromatic nitrogens is 3. The summed E-state index contributed by atoms with van der Waals surface area (Å²) < 4.78 is 0. The van der Waals surface area contributed by atoms with Crippen molar-refractivity contribution in [1.82, 2.24) is 15.0 Å². The minimum atomic E-state index is -0.288. The average molecular weight is 277 g/mol. The fraction of sp³-hybridized carbons (Fsp3) is 0.0667. The first-order valence-electron chi connectivity index (χ1n) is 6.29. The Morgan fingerprint density at radius 3 is 3.00 bits per heavy atom. The highest BCUT2D eigenvalue weighted by Gasteiger charge is 2.08. The van der Waals surface area contributed by atoms with Crippen molar-refractivity contribution in [3.05, 3.63) is 53.6 Å². The van der Waals surface area contributed by atoms with Crippen LogP contribution in [0.4, 0.5) is 5.69 Å². The Morgan fingerprint density at radius 1 is 1.33 bits per heavy atom. The van der Waals surface area contributed by atoms with E-state index in [4.69, 9.17) is 5.26 Å². The van der Waals surface area contributed by atoms with Crippen LogP contribution < -0.4 is 5.32 Å². The zero-order chi connectivity index (χ0) is 14.8. The summed E-state index contributed by atoms with van der Waals surface area (Å²) in [6.45, 7) is 1.87. The molecule has 3 rings (SSSR count). The number of hydrogen-bond donors (Lipinski definition) is 2. The van der Waals surface area contributed by atoms with E-state index in [1.54, 1.807) is 12.1 Å². The van der Waals surface area contributed by atoms with Gasteiger partial charge in [-0.2, -0.15) is 5.26 Å². The summed E-state index contributed by atoms with van der Waals surface area (Å²) in [4.78, 5) is 23.4. The van der Waals surface area contributed by atoms with E-state index in [0.29, 0.717) is 11.3 Å². The van der Waals surface area contributed by atoms with Crippen molar-refractivity contribution >= 4 is 22.6 Å². The second-order valence-corrected chi connectivity index (χ2v) is 4.55. The van der Waals surface area contributed by atoms with Crippen molar-refractivity contribution in [2.24, 2.45) is 0 Å². The van der Waals surface area contributed by atoms with Gasteiger partial charge >= 0.3 is 0 Å². The number of carbonyl (C=O) groups is 1. The van der Waals surface area contributed by atoms with Gasteiger partial charge in [0, 0.05) is 17.4 Å². The predicted molar refractivity (Wildman–Crippen MR) is 77.7 cm³/mol. The van der Waals surface area contributed by atoms with Crippen LogP contribution in [0.1, 0.15) is 21.9 Å². The Bertz CT molecular complexity index is 875. The highest BCUT2D eigenvalue weighted by atomic mass is 16.1. The smallest absolute Gasteiger partial charge is 0.255 e. The lowest BCUT2D eigenvalue weighted by Crippen LogP contribution is -2.12. The van der Waals surface area contributed by atoms with E-state index in [0.717, 1.165) is 16.9 Å². The molecule has 102 valence electrons. The maximum Gasteiger partial charge on any atom is 0.255 e. The SMILES string of the molecule is Cc1nc2ccc(NC(=O)c3ccnc(C#N)c3)cc2[nH]1. The van der Waals surface area contributed by atoms with Gasteiger partial charge in [-0.05, 0) is 37.3 Å². The molecule has 21 heavy (non-hydrogen) atoms. The summed E-state index contributed by atoms with van der Waals surface area (Å²) in [6, 6.07) is 10.4. The fourth-order valence-electron chi connectivity index (χ4n) is 2.05. The van der Waals surface area contributed by atoms with E-state index in [2.05, 4.69) is 20.3 Å². The minimum absolute atomic E-state index is 0.210. The molecule has 0 aliphatic carbocycles. The Balaban J connectivity index is 1.87. The predicted octanol–water partition coefficient (Wildman–Crippen LogP) is 2.39. The van der Waals surface area contributed by atoms with Crippen LogP contribution in [0.3, 0.4) is 0 Å². The van der Waals surface area contributed by atoms with Crippen molar-refractivity contribution in [2.75, 3.05) is 5.32 Å². The van der Waals surface area contributed by atoms with Gasteiger partial charge in [0.15, 0.2) is 0 Å². The van der Waals surface area contributed by atoms with Crippen molar-refractivity contribution in [1.29, 1.82) is 5.26 Å². The number of imidazole rings is 1. The Hall–Kier alpha value is -3.20. The third kappa shape index (κ3) is 2.58. The third-order valence-corrected chi connectivity index (χ3v) is 2.99. The fourth-order valence-corrected chi connectivity index (χ4v) is 2.05. The number of H-pyrrole nitrogens is 1. The van der Waals surface area contributed by atoms with E-state index in [1.807, 2.05) is 25.1 Å². The second kappa shape index (κ2) is 5.06. The van der Waals surface area contributed by atoms with Gasteiger partial charge in [-0.25, -0.2) is 9.97 Å². The maximum atomic E-state index is 12.1. The molecule has 0 spiro atoms. The number of nitrogens with one attached hydrogen (secondary N) is 2. The molecule has 6 nitrogen and oxygen atoms in total. The lowest BCUT2D eigenvalue weighted by molar-refractivity contribution is 0.102. The van der Waals surface area contributed by atoms with Crippen LogP contribution in [0, 0.1) is 18.3 Å². The lowest BCUT2D eigenvalue weighted by Gasteiger charge is -2.05. The standard InChI is InChI=1S/C15H11N5O/c1-9-18-13-3-2-11(7-14(13)19-9)20-15(21)10-4-5-17-12(6-10)8-16/h2-7H,1H3,(H,18,19)(H,20,21). The number of pyridine rings is 1. The molecule has 2 heterocycles. The van der Waals surface area contributed by atoms with Crippen molar-refractivity contribution in [3.8, 4) is 6.07 Å². The normalized spacial score (nSPS) is 10.3. The molecule has 2 N–H and O–H groups in total. The molecule has 0 atom stereocenters. The first kappa shape index (κ1) is 12.8. The van der Waals surface area contributed by atoms with Gasteiger partial charge in [-0.1, -0.05) is 0 Å². The highest BCUT2D eigenvalue weighted by Crippen LogP contribution is 2.17. The van der Waals surface area contributed by atoms with Crippen LogP contribution in [-0.2, 0) is 0 Å². The van der Waals surface area contributed by atoms with Gasteiger partial charge in [0.1, 0.15) is 17.6 Å². The summed E-state index contributed by atoms with van der Waals surface area (Å²) in [5.41, 5.74) is 2.97. The van der Waals surface area contributed by atoms with E-state index in [1.165, 1.54) is 12.3 Å². The average Bonchev–Trinajstić information content (AvgIpc) is 2.86. The van der Waals surface area contributed by atoms with Crippen LogP contribution in [0.25, 0.3) is 11.0 Å². The quantitative estimate of drug-likeness (QED) is 0.752. The Labute approximate surface area is 120 Å². The number of anilines is 1. The van der Waals surface area contributed by atoms with E-state index >= 15 is 0 Å². The van der Waals surface area contributed by atoms with Crippen molar-refractivity contribution < 1.29 is 4.79 Å². The summed E-state index contributed by atoms with van der Waals surface area (Å²) in [6.07, 6.45) is 1.44. The third-order valence-electron chi connectivity index (χ3n) is 2.99. The second-order valence-electron chi connectivity index (χ2n) is 4.55. The molecule has 3 aromatic rings. The lowest BCUT2D eigenvalue weighted by atomic mass is 10.2. The zero-order valence-corrected chi connectivity index (χ0v) is 11.2. The number of hydrogen-bond acceptors (Lipinski definition) is 4. The number of aromatic amines is 1. The maximum absolute atomic E-state index is 12.1. The van der Waals surface area contributed by atoms with Crippen molar-refractivity contribution in [2.45, 2.75) is 6.92 Å². The molecule has 6 heteroatoms. The molecule has 0 fully saturated rings. The summed E-state index contributed by atoms with van der Waals surface area (Å²) in [7, 11) is 0. The monoisotopic (exact) mass is 277 g/mol. The molecule has 2 aromatic heterocycles. The number of rotatable bonds is 2. The molecule has 0 unspecified atom stereocenters.